The standard InChI is InChI=1S/C25H27N5O4S/c1-15-12-21-19(13-20(15)32-2)22(23(35-21)24(31)26-25-27-29-30-28-25)34-18-10-8-17(9-11-18)33-14-16-6-4-3-5-7-16/h8-13,16H,3-7,14H2,1-2H3,(H2,26,27,28,29,30,31). The first-order valence-electron chi connectivity index (χ1n) is 11.7. The number of carbonyl (C=O) groups is 1. The minimum atomic E-state index is -0.383. The fraction of sp³-hybridized carbons (Fsp3) is 0.360. The summed E-state index contributed by atoms with van der Waals surface area (Å²) in [5.74, 6) is 2.92. The van der Waals surface area contributed by atoms with Crippen LogP contribution in [-0.4, -0.2) is 40.2 Å². The third-order valence-electron chi connectivity index (χ3n) is 6.19. The van der Waals surface area contributed by atoms with Gasteiger partial charge >= 0.3 is 0 Å². The maximum absolute atomic E-state index is 13.1. The Balaban J connectivity index is 1.40. The van der Waals surface area contributed by atoms with Crippen molar-refractivity contribution in [2.75, 3.05) is 19.0 Å². The molecule has 9 nitrogen and oxygen atoms in total. The minimum absolute atomic E-state index is 0.0895. The van der Waals surface area contributed by atoms with Gasteiger partial charge in [0.15, 0.2) is 5.75 Å². The van der Waals surface area contributed by atoms with E-state index in [0.717, 1.165) is 33.8 Å². The van der Waals surface area contributed by atoms with Gasteiger partial charge in [0.1, 0.15) is 22.1 Å². The Hall–Kier alpha value is -3.66. The molecule has 1 fully saturated rings. The van der Waals surface area contributed by atoms with Crippen LogP contribution in [0, 0.1) is 12.8 Å². The summed E-state index contributed by atoms with van der Waals surface area (Å²) in [4.78, 5) is 13.5. The molecule has 0 aliphatic heterocycles. The van der Waals surface area contributed by atoms with E-state index in [1.54, 1.807) is 7.11 Å². The largest absolute Gasteiger partial charge is 0.496 e. The van der Waals surface area contributed by atoms with Gasteiger partial charge < -0.3 is 14.2 Å². The number of thiophene rings is 1. The molecular formula is C25H27N5O4S. The number of methoxy groups -OCH3 is 1. The number of hydrogen-bond donors (Lipinski definition) is 2. The molecular weight excluding hydrogens is 466 g/mol. The molecule has 1 amide bonds. The smallest absolute Gasteiger partial charge is 0.272 e. The van der Waals surface area contributed by atoms with Crippen molar-refractivity contribution in [1.82, 2.24) is 20.6 Å². The van der Waals surface area contributed by atoms with Gasteiger partial charge in [-0.2, -0.15) is 5.21 Å². The number of hydrogen-bond acceptors (Lipinski definition) is 8. The second-order valence-electron chi connectivity index (χ2n) is 8.66. The molecule has 35 heavy (non-hydrogen) atoms. The Labute approximate surface area is 206 Å². The fourth-order valence-corrected chi connectivity index (χ4v) is 5.44. The van der Waals surface area contributed by atoms with Crippen molar-refractivity contribution in [3.05, 3.63) is 46.8 Å². The number of benzene rings is 2. The monoisotopic (exact) mass is 493 g/mol. The first-order chi connectivity index (χ1) is 17.1. The highest BCUT2D eigenvalue weighted by molar-refractivity contribution is 7.21. The van der Waals surface area contributed by atoms with E-state index in [-0.39, 0.29) is 11.9 Å². The number of aromatic nitrogens is 4. The number of carbonyl (C=O) groups excluding carboxylic acids is 1. The van der Waals surface area contributed by atoms with Gasteiger partial charge in [0.05, 0.1) is 13.7 Å². The molecule has 1 aliphatic rings. The zero-order valence-corrected chi connectivity index (χ0v) is 20.5. The third kappa shape index (κ3) is 5.22. The Morgan fingerprint density at radius 3 is 2.63 bits per heavy atom. The zero-order chi connectivity index (χ0) is 24.2. The van der Waals surface area contributed by atoms with E-state index >= 15 is 0 Å². The summed E-state index contributed by atoms with van der Waals surface area (Å²) < 4.78 is 18.7. The van der Waals surface area contributed by atoms with E-state index in [1.165, 1.54) is 43.4 Å². The predicted molar refractivity (Wildman–Crippen MR) is 134 cm³/mol. The van der Waals surface area contributed by atoms with Gasteiger partial charge in [0.25, 0.3) is 11.9 Å². The van der Waals surface area contributed by atoms with Crippen LogP contribution in [0.1, 0.15) is 47.3 Å². The number of nitrogens with one attached hydrogen (secondary N) is 2. The summed E-state index contributed by atoms with van der Waals surface area (Å²) in [6.07, 6.45) is 6.40. The van der Waals surface area contributed by atoms with Crippen molar-refractivity contribution in [1.29, 1.82) is 0 Å². The van der Waals surface area contributed by atoms with Gasteiger partial charge in [0.2, 0.25) is 0 Å². The molecule has 2 aromatic carbocycles. The second kappa shape index (κ2) is 10.3. The molecule has 0 atom stereocenters. The van der Waals surface area contributed by atoms with Crippen molar-refractivity contribution in [2.45, 2.75) is 39.0 Å². The van der Waals surface area contributed by atoms with Crippen LogP contribution in [0.3, 0.4) is 0 Å². The van der Waals surface area contributed by atoms with Gasteiger partial charge in [-0.3, -0.25) is 10.1 Å². The maximum atomic E-state index is 13.1. The Kier molecular flexibility index (Phi) is 6.80. The molecule has 5 rings (SSSR count). The van der Waals surface area contributed by atoms with Crippen molar-refractivity contribution in [2.24, 2.45) is 5.92 Å². The Bertz CT molecular complexity index is 1300. The lowest BCUT2D eigenvalue weighted by Gasteiger charge is -2.21. The minimum Gasteiger partial charge on any atom is -0.496 e. The number of ether oxygens (including phenoxy) is 3. The first-order valence-corrected chi connectivity index (χ1v) is 12.5. The molecule has 2 aromatic heterocycles. The number of anilines is 1. The summed E-state index contributed by atoms with van der Waals surface area (Å²) in [7, 11) is 1.62. The normalized spacial score (nSPS) is 14.1. The number of amides is 1. The van der Waals surface area contributed by atoms with Crippen LogP contribution < -0.4 is 19.5 Å². The first kappa shape index (κ1) is 23.1. The maximum Gasteiger partial charge on any atom is 0.272 e. The second-order valence-corrected chi connectivity index (χ2v) is 9.71. The average Bonchev–Trinajstić information content (AvgIpc) is 3.51. The predicted octanol–water partition coefficient (Wildman–Crippen LogP) is 5.74. The molecule has 1 saturated carbocycles. The Morgan fingerprint density at radius 2 is 1.91 bits per heavy atom. The van der Waals surface area contributed by atoms with Gasteiger partial charge in [0, 0.05) is 10.1 Å². The molecule has 182 valence electrons. The molecule has 0 saturated heterocycles. The van der Waals surface area contributed by atoms with Crippen LogP contribution in [-0.2, 0) is 0 Å². The topological polar surface area (TPSA) is 111 Å². The molecule has 10 heteroatoms. The lowest BCUT2D eigenvalue weighted by Crippen LogP contribution is -2.15. The van der Waals surface area contributed by atoms with Gasteiger partial charge in [-0.05, 0) is 72.9 Å². The lowest BCUT2D eigenvalue weighted by atomic mass is 9.90. The summed E-state index contributed by atoms with van der Waals surface area (Å²) in [6, 6.07) is 11.4. The number of fused-ring (bicyclic) bond motifs is 1. The van der Waals surface area contributed by atoms with Crippen LogP contribution in [0.25, 0.3) is 10.1 Å². The van der Waals surface area contributed by atoms with E-state index in [2.05, 4.69) is 25.9 Å². The highest BCUT2D eigenvalue weighted by atomic mass is 32.1. The summed E-state index contributed by atoms with van der Waals surface area (Å²) >= 11 is 1.33. The summed E-state index contributed by atoms with van der Waals surface area (Å²) in [5.41, 5.74) is 0.970. The van der Waals surface area contributed by atoms with Crippen LogP contribution in [0.5, 0.6) is 23.0 Å². The summed E-state index contributed by atoms with van der Waals surface area (Å²) in [6.45, 7) is 2.71. The number of nitrogens with zero attached hydrogens (tertiary/aromatic N) is 3. The van der Waals surface area contributed by atoms with Crippen LogP contribution >= 0.6 is 11.3 Å². The van der Waals surface area contributed by atoms with Gasteiger partial charge in [-0.25, -0.2) is 0 Å². The van der Waals surface area contributed by atoms with E-state index in [4.69, 9.17) is 14.2 Å². The quantitative estimate of drug-likeness (QED) is 0.322. The number of tetrazole rings is 1. The highest BCUT2D eigenvalue weighted by Crippen LogP contribution is 2.43. The highest BCUT2D eigenvalue weighted by Gasteiger charge is 2.23. The van der Waals surface area contributed by atoms with Crippen molar-refractivity contribution >= 4 is 33.3 Å². The van der Waals surface area contributed by atoms with E-state index in [1.807, 2.05) is 43.3 Å². The molecule has 1 aliphatic carbocycles. The average molecular weight is 494 g/mol. The van der Waals surface area contributed by atoms with Gasteiger partial charge in [-0.15, -0.1) is 16.4 Å². The van der Waals surface area contributed by atoms with E-state index in [9.17, 15) is 4.79 Å². The molecule has 0 unspecified atom stereocenters. The van der Waals surface area contributed by atoms with Crippen LogP contribution in [0.15, 0.2) is 36.4 Å². The number of H-pyrrole nitrogens is 1. The van der Waals surface area contributed by atoms with E-state index in [0.29, 0.717) is 22.3 Å². The SMILES string of the molecule is COc1cc2c(Oc3ccc(OCC4CCCCC4)cc3)c(C(=O)Nc3nn[nH]n3)sc2cc1C. The van der Waals surface area contributed by atoms with Crippen molar-refractivity contribution < 1.29 is 19.0 Å². The fourth-order valence-electron chi connectivity index (χ4n) is 4.34. The number of rotatable bonds is 8. The number of aromatic amines is 1. The third-order valence-corrected chi connectivity index (χ3v) is 7.32. The van der Waals surface area contributed by atoms with Crippen LogP contribution in [0.4, 0.5) is 5.95 Å². The van der Waals surface area contributed by atoms with Crippen molar-refractivity contribution in [3.63, 3.8) is 0 Å². The van der Waals surface area contributed by atoms with Crippen molar-refractivity contribution in [3.8, 4) is 23.0 Å². The molecule has 2 heterocycles. The Morgan fingerprint density at radius 1 is 1.14 bits per heavy atom. The molecule has 0 spiro atoms. The van der Waals surface area contributed by atoms with E-state index < -0.39 is 0 Å². The molecule has 2 N–H and O–H groups in total. The molecule has 4 aromatic rings. The molecule has 0 radical (unpaired) electrons. The zero-order valence-electron chi connectivity index (χ0n) is 19.7. The van der Waals surface area contributed by atoms with Gasteiger partial charge in [-0.1, -0.05) is 24.4 Å². The number of aryl methyl sites for hydroxylation is 1. The van der Waals surface area contributed by atoms with Crippen LogP contribution in [0.2, 0.25) is 0 Å². The lowest BCUT2D eigenvalue weighted by molar-refractivity contribution is 0.102. The molecule has 0 bridgehead atoms. The summed E-state index contributed by atoms with van der Waals surface area (Å²) in [5, 5.41) is 16.8.